The van der Waals surface area contributed by atoms with Gasteiger partial charge >= 0.3 is 0 Å². The third-order valence-electron chi connectivity index (χ3n) is 15.2. The summed E-state index contributed by atoms with van der Waals surface area (Å²) in [5, 5.41) is 2.49. The first kappa shape index (κ1) is 44.4. The first-order valence-electron chi connectivity index (χ1n) is 25.3. The number of anilines is 9. The van der Waals surface area contributed by atoms with Gasteiger partial charge in [-0.2, -0.15) is 11.3 Å². The molecule has 8 aromatic carbocycles. The Bertz CT molecular complexity index is 3470. The van der Waals surface area contributed by atoms with Gasteiger partial charge < -0.3 is 14.7 Å². The summed E-state index contributed by atoms with van der Waals surface area (Å²) in [6.45, 7) is 21.1. The molecule has 70 heavy (non-hydrogen) atoms. The van der Waals surface area contributed by atoms with Crippen molar-refractivity contribution in [1.82, 2.24) is 0 Å². The summed E-state index contributed by atoms with van der Waals surface area (Å²) in [6.07, 6.45) is 3.49. The predicted molar refractivity (Wildman–Crippen MR) is 304 cm³/mol. The summed E-state index contributed by atoms with van der Waals surface area (Å²) < 4.78 is 1.47. The molecule has 0 N–H and O–H groups in total. The van der Waals surface area contributed by atoms with Crippen LogP contribution in [0.5, 0.6) is 0 Å². The molecule has 0 atom stereocenters. The van der Waals surface area contributed by atoms with Crippen LogP contribution in [0, 0.1) is 0 Å². The van der Waals surface area contributed by atoms with Crippen LogP contribution < -0.4 is 30.4 Å². The smallest absolute Gasteiger partial charge is 0.264 e. The number of fused-ring (bicyclic) bond motifs is 7. The highest BCUT2D eigenvalue weighted by molar-refractivity contribution is 7.29. The van der Waals surface area contributed by atoms with Crippen LogP contribution in [0.2, 0.25) is 0 Å². The number of thiophene rings is 1. The second kappa shape index (κ2) is 16.4. The summed E-state index contributed by atoms with van der Waals surface area (Å²) in [7, 11) is 0. The van der Waals surface area contributed by atoms with Crippen molar-refractivity contribution >= 4 is 95.7 Å². The van der Waals surface area contributed by atoms with E-state index in [1.54, 1.807) is 10.4 Å². The van der Waals surface area contributed by atoms with E-state index >= 15 is 0 Å². The molecule has 0 saturated carbocycles. The lowest BCUT2D eigenvalue weighted by Gasteiger charge is -2.44. The molecule has 12 rings (SSSR count). The predicted octanol–water partition coefficient (Wildman–Crippen LogP) is 16.5. The van der Waals surface area contributed by atoms with Crippen molar-refractivity contribution in [3.05, 3.63) is 203 Å². The Morgan fingerprint density at radius 3 is 1.77 bits per heavy atom. The van der Waals surface area contributed by atoms with Crippen LogP contribution in [-0.4, -0.2) is 6.71 Å². The summed E-state index contributed by atoms with van der Waals surface area (Å²) in [6, 6.07) is 67.0. The Kier molecular flexibility index (Phi) is 10.4. The van der Waals surface area contributed by atoms with Crippen LogP contribution in [0.1, 0.15) is 95.9 Å². The molecule has 0 amide bonds. The van der Waals surface area contributed by atoms with Gasteiger partial charge in [-0.15, -0.1) is 0 Å². The number of nitrogens with zero attached hydrogens (tertiary/aromatic N) is 3. The zero-order chi connectivity index (χ0) is 48.3. The average molecular weight is 928 g/mol. The van der Waals surface area contributed by atoms with Gasteiger partial charge in [0.2, 0.25) is 0 Å². The van der Waals surface area contributed by atoms with Crippen LogP contribution in [0.15, 0.2) is 176 Å². The minimum atomic E-state index is -0.0992. The van der Waals surface area contributed by atoms with Gasteiger partial charge in [0, 0.05) is 55.0 Å². The van der Waals surface area contributed by atoms with E-state index in [2.05, 4.69) is 264 Å². The van der Waals surface area contributed by atoms with Crippen molar-refractivity contribution in [2.24, 2.45) is 0 Å². The van der Waals surface area contributed by atoms with Crippen molar-refractivity contribution in [1.29, 1.82) is 0 Å². The van der Waals surface area contributed by atoms with Crippen LogP contribution in [0.25, 0.3) is 21.9 Å². The Morgan fingerprint density at radius 1 is 0.486 bits per heavy atom. The molecule has 0 bridgehead atoms. The number of rotatable bonds is 6. The highest BCUT2D eigenvalue weighted by atomic mass is 32.1. The Hall–Kier alpha value is -6.82. The summed E-state index contributed by atoms with van der Waals surface area (Å²) in [4.78, 5) is 9.33. The van der Waals surface area contributed by atoms with Gasteiger partial charge in [0.1, 0.15) is 0 Å². The quantitative estimate of drug-likeness (QED) is 0.154. The summed E-state index contributed by atoms with van der Waals surface area (Å²) >= 11 is 2.07. The fraction of sp³-hybridized carbons (Fsp3) is 0.231. The molecule has 0 saturated heterocycles. The number of benzene rings is 8. The second-order valence-corrected chi connectivity index (χ2v) is 24.0. The van der Waals surface area contributed by atoms with Crippen LogP contribution in [0.3, 0.4) is 0 Å². The topological polar surface area (TPSA) is 9.72 Å². The first-order chi connectivity index (χ1) is 33.6. The van der Waals surface area contributed by atoms with E-state index in [0.717, 1.165) is 35.6 Å². The van der Waals surface area contributed by atoms with Crippen LogP contribution in [0.4, 0.5) is 51.2 Å². The fourth-order valence-corrected chi connectivity index (χ4v) is 13.0. The lowest BCUT2D eigenvalue weighted by atomic mass is 9.36. The number of aryl methyl sites for hydroxylation is 1. The van der Waals surface area contributed by atoms with E-state index in [9.17, 15) is 0 Å². The van der Waals surface area contributed by atoms with Gasteiger partial charge in [-0.1, -0.05) is 165 Å². The van der Waals surface area contributed by atoms with Gasteiger partial charge in [0.05, 0.1) is 11.4 Å². The zero-order valence-corrected chi connectivity index (χ0v) is 43.0. The molecule has 1 aromatic heterocycles. The van der Waals surface area contributed by atoms with E-state index in [1.807, 2.05) is 0 Å². The van der Waals surface area contributed by atoms with Crippen LogP contribution in [-0.2, 0) is 29.1 Å². The molecule has 3 nitrogen and oxygen atoms in total. The lowest BCUT2D eigenvalue weighted by molar-refractivity contribution is 0.590. The highest BCUT2D eigenvalue weighted by Crippen LogP contribution is 2.52. The molecule has 0 fully saturated rings. The fourth-order valence-electron chi connectivity index (χ4n) is 11.5. The molecule has 0 spiro atoms. The molecule has 9 aromatic rings. The van der Waals surface area contributed by atoms with E-state index in [1.165, 1.54) is 89.1 Å². The van der Waals surface area contributed by atoms with Crippen LogP contribution >= 0.6 is 11.3 Å². The molecule has 0 radical (unpaired) electrons. The van der Waals surface area contributed by atoms with E-state index in [0.29, 0.717) is 0 Å². The molecule has 3 heterocycles. The number of hydrogen-bond acceptors (Lipinski definition) is 4. The van der Waals surface area contributed by atoms with E-state index in [4.69, 9.17) is 0 Å². The maximum atomic E-state index is 2.64. The van der Waals surface area contributed by atoms with Gasteiger partial charge in [-0.05, 0) is 158 Å². The molecular weight excluding hydrogens is 866 g/mol. The molecule has 0 unspecified atom stereocenters. The Labute approximate surface area is 420 Å². The van der Waals surface area contributed by atoms with Crippen molar-refractivity contribution in [3.8, 4) is 11.1 Å². The Morgan fingerprint density at radius 2 is 1.09 bits per heavy atom. The van der Waals surface area contributed by atoms with Crippen molar-refractivity contribution in [3.63, 3.8) is 0 Å². The molecule has 1 aliphatic carbocycles. The van der Waals surface area contributed by atoms with Crippen molar-refractivity contribution in [2.75, 3.05) is 14.7 Å². The molecule has 5 heteroatoms. The maximum absolute atomic E-state index is 2.64. The first-order valence-corrected chi connectivity index (χ1v) is 26.2. The van der Waals surface area contributed by atoms with E-state index < -0.39 is 0 Å². The van der Waals surface area contributed by atoms with Gasteiger partial charge in [-0.25, -0.2) is 0 Å². The largest absolute Gasteiger partial charge is 0.311 e. The second-order valence-electron chi connectivity index (χ2n) is 22.9. The monoisotopic (exact) mass is 927 g/mol. The summed E-state index contributed by atoms with van der Waals surface area (Å²) in [5.41, 5.74) is 21.6. The van der Waals surface area contributed by atoms with Gasteiger partial charge in [0.25, 0.3) is 6.71 Å². The van der Waals surface area contributed by atoms with Crippen molar-refractivity contribution < 1.29 is 0 Å². The number of para-hydroxylation sites is 2. The highest BCUT2D eigenvalue weighted by Gasteiger charge is 2.47. The average Bonchev–Trinajstić information content (AvgIpc) is 3.96. The number of hydrogen-bond donors (Lipinski definition) is 0. The molecule has 2 aliphatic heterocycles. The Balaban J connectivity index is 1.16. The minimum Gasteiger partial charge on any atom is -0.311 e. The third-order valence-corrected chi connectivity index (χ3v) is 16.6. The standard InChI is InChI=1S/C65H62BN3S/c1-63(2,3)43-30-33-48(34-31-43)67(55-37-32-44(64(4,5)6)38-53(55)51-27-18-21-42-20-16-17-26-50(42)51)49-35-36-54-56(41-49)68(46-22-12-10-13-23-46)57-39-45(65(7,8)9)40-58-60(57)66(54)62-61(52-28-19-29-59(52)70-62)69(58)47-24-14-11-15-25-47/h10-18,20-27,30-41H,19,28-29H2,1-9H3. The molecule has 3 aliphatic rings. The molecule has 346 valence electrons. The SMILES string of the molecule is CC(C)(C)c1ccc(N(c2ccc3c(c2)N(c2ccccc2)c2cc(C(C)(C)C)cc4c2B3c2sc3c(c2N4c2ccccc2)CCC3)c2ccc(C(C)(C)C)cc2-c2cccc3ccccc23)cc1. The van der Waals surface area contributed by atoms with Gasteiger partial charge in [0.15, 0.2) is 0 Å². The maximum Gasteiger partial charge on any atom is 0.264 e. The zero-order valence-electron chi connectivity index (χ0n) is 42.2. The normalized spacial score (nSPS) is 14.1. The van der Waals surface area contributed by atoms with Crippen molar-refractivity contribution in [2.45, 2.75) is 97.8 Å². The minimum absolute atomic E-state index is 0.0168. The van der Waals surface area contributed by atoms with E-state index in [-0.39, 0.29) is 23.0 Å². The molecular formula is C65H62BN3S. The summed E-state index contributed by atoms with van der Waals surface area (Å²) in [5.74, 6) is 0. The van der Waals surface area contributed by atoms with Gasteiger partial charge in [-0.3, -0.25) is 0 Å². The third kappa shape index (κ3) is 7.30. The lowest BCUT2D eigenvalue weighted by Crippen LogP contribution is -2.60.